The van der Waals surface area contributed by atoms with Crippen LogP contribution in [0.5, 0.6) is 0 Å². The van der Waals surface area contributed by atoms with Crippen LogP contribution in [0.4, 0.5) is 0 Å². The third-order valence-corrected chi connectivity index (χ3v) is 5.73. The molecule has 0 unspecified atom stereocenters. The van der Waals surface area contributed by atoms with Crippen molar-refractivity contribution in [2.75, 3.05) is 0 Å². The zero-order valence-corrected chi connectivity index (χ0v) is 14.1. The van der Waals surface area contributed by atoms with Crippen LogP contribution >= 0.6 is 11.3 Å². The summed E-state index contributed by atoms with van der Waals surface area (Å²) in [6, 6.07) is 25.8. The Hall–Kier alpha value is -2.71. The lowest BCUT2D eigenvalue weighted by Gasteiger charge is -2.07. The smallest absolute Gasteiger partial charge is 0.0712 e. The van der Waals surface area contributed by atoms with E-state index < -0.39 is 0 Å². The van der Waals surface area contributed by atoms with Gasteiger partial charge in [0.1, 0.15) is 0 Å². The van der Waals surface area contributed by atoms with Crippen molar-refractivity contribution in [3.63, 3.8) is 0 Å². The van der Waals surface area contributed by atoms with Gasteiger partial charge in [-0.15, -0.1) is 11.3 Å². The second kappa shape index (κ2) is 5.15. The highest BCUT2D eigenvalue weighted by Gasteiger charge is 2.08. The first-order chi connectivity index (χ1) is 11.8. The average Bonchev–Trinajstić information content (AvgIpc) is 2.99. The van der Waals surface area contributed by atoms with Crippen molar-refractivity contribution in [2.45, 2.75) is 6.92 Å². The first-order valence-corrected chi connectivity index (χ1v) is 8.89. The summed E-state index contributed by atoms with van der Waals surface area (Å²) in [5, 5.41) is 3.90. The minimum absolute atomic E-state index is 1.05. The van der Waals surface area contributed by atoms with Gasteiger partial charge in [-0.2, -0.15) is 0 Å². The van der Waals surface area contributed by atoms with Gasteiger partial charge in [0, 0.05) is 31.1 Å². The van der Waals surface area contributed by atoms with E-state index in [1.807, 2.05) is 17.4 Å². The van der Waals surface area contributed by atoms with E-state index in [1.54, 1.807) is 0 Å². The lowest BCUT2D eigenvalue weighted by Crippen LogP contribution is -1.88. The third-order valence-electron chi connectivity index (χ3n) is 4.60. The SMILES string of the molecule is Cc1cc(-c2ccc3c(c2)sc2ccccc23)nc2ccccc12. The summed E-state index contributed by atoms with van der Waals surface area (Å²) in [6.07, 6.45) is 0. The highest BCUT2D eigenvalue weighted by Crippen LogP contribution is 2.36. The second-order valence-corrected chi connectivity index (χ2v) is 7.23. The Morgan fingerprint density at radius 3 is 2.38 bits per heavy atom. The summed E-state index contributed by atoms with van der Waals surface area (Å²) >= 11 is 1.85. The zero-order valence-electron chi connectivity index (χ0n) is 13.3. The molecule has 0 radical (unpaired) electrons. The minimum atomic E-state index is 1.05. The third kappa shape index (κ3) is 2.04. The quantitative estimate of drug-likeness (QED) is 0.339. The summed E-state index contributed by atoms with van der Waals surface area (Å²) in [5.74, 6) is 0. The van der Waals surface area contributed by atoms with Crippen molar-refractivity contribution >= 4 is 42.4 Å². The van der Waals surface area contributed by atoms with Crippen LogP contribution in [-0.2, 0) is 0 Å². The first kappa shape index (κ1) is 13.7. The Bertz CT molecular complexity index is 1220. The number of benzene rings is 3. The molecule has 0 saturated heterocycles. The van der Waals surface area contributed by atoms with Crippen LogP contribution in [0.25, 0.3) is 42.3 Å². The van der Waals surface area contributed by atoms with Crippen molar-refractivity contribution in [1.82, 2.24) is 4.98 Å². The number of fused-ring (bicyclic) bond motifs is 4. The number of pyridine rings is 1. The number of aromatic nitrogens is 1. The molecule has 2 heterocycles. The maximum Gasteiger partial charge on any atom is 0.0712 e. The van der Waals surface area contributed by atoms with Crippen LogP contribution in [0.3, 0.4) is 0 Å². The second-order valence-electron chi connectivity index (χ2n) is 6.15. The molecule has 5 rings (SSSR count). The normalized spacial score (nSPS) is 11.5. The molecular weight excluding hydrogens is 310 g/mol. The predicted octanol–water partition coefficient (Wildman–Crippen LogP) is 6.58. The van der Waals surface area contributed by atoms with Gasteiger partial charge in [-0.1, -0.05) is 48.5 Å². The van der Waals surface area contributed by atoms with E-state index in [-0.39, 0.29) is 0 Å². The maximum absolute atomic E-state index is 4.87. The van der Waals surface area contributed by atoms with Gasteiger partial charge in [0.2, 0.25) is 0 Å². The fourth-order valence-electron chi connectivity index (χ4n) is 3.38. The highest BCUT2D eigenvalue weighted by atomic mass is 32.1. The Morgan fingerprint density at radius 2 is 1.46 bits per heavy atom. The zero-order chi connectivity index (χ0) is 16.1. The van der Waals surface area contributed by atoms with Crippen LogP contribution in [-0.4, -0.2) is 4.98 Å². The number of hydrogen-bond acceptors (Lipinski definition) is 2. The van der Waals surface area contributed by atoms with Crippen molar-refractivity contribution in [3.8, 4) is 11.3 Å². The summed E-state index contributed by atoms with van der Waals surface area (Å²) in [6.45, 7) is 2.16. The summed E-state index contributed by atoms with van der Waals surface area (Å²) in [4.78, 5) is 4.87. The van der Waals surface area contributed by atoms with E-state index in [0.717, 1.165) is 11.2 Å². The Kier molecular flexibility index (Phi) is 2.94. The van der Waals surface area contributed by atoms with Crippen molar-refractivity contribution in [3.05, 3.63) is 78.4 Å². The van der Waals surface area contributed by atoms with Crippen LogP contribution in [0.2, 0.25) is 0 Å². The molecule has 0 atom stereocenters. The Morgan fingerprint density at radius 1 is 0.708 bits per heavy atom. The standard InChI is InChI=1S/C22H15NS/c1-14-12-20(23-19-8-4-2-6-16(14)19)15-10-11-18-17-7-3-5-9-21(17)24-22(18)13-15/h2-13H,1H3. The summed E-state index contributed by atoms with van der Waals surface area (Å²) in [7, 11) is 0. The lowest BCUT2D eigenvalue weighted by atomic mass is 10.0. The Balaban J connectivity index is 1.75. The number of para-hydroxylation sites is 1. The van der Waals surface area contributed by atoms with Gasteiger partial charge < -0.3 is 0 Å². The van der Waals surface area contributed by atoms with Crippen LogP contribution in [0, 0.1) is 6.92 Å². The molecule has 0 N–H and O–H groups in total. The van der Waals surface area contributed by atoms with Crippen LogP contribution in [0.15, 0.2) is 72.8 Å². The summed E-state index contributed by atoms with van der Waals surface area (Å²) in [5.41, 5.74) is 4.56. The van der Waals surface area contributed by atoms with Gasteiger partial charge in [0.15, 0.2) is 0 Å². The number of aryl methyl sites for hydroxylation is 1. The molecule has 0 aliphatic rings. The van der Waals surface area contributed by atoms with E-state index in [4.69, 9.17) is 4.98 Å². The van der Waals surface area contributed by atoms with Crippen molar-refractivity contribution < 1.29 is 0 Å². The molecule has 0 bridgehead atoms. The molecule has 0 aliphatic carbocycles. The molecule has 5 aromatic rings. The predicted molar refractivity (Wildman–Crippen MR) is 105 cm³/mol. The minimum Gasteiger partial charge on any atom is -0.248 e. The van der Waals surface area contributed by atoms with E-state index >= 15 is 0 Å². The highest BCUT2D eigenvalue weighted by molar-refractivity contribution is 7.25. The molecule has 24 heavy (non-hydrogen) atoms. The van der Waals surface area contributed by atoms with Crippen molar-refractivity contribution in [2.24, 2.45) is 0 Å². The average molecular weight is 325 g/mol. The Labute approximate surface area is 144 Å². The van der Waals surface area contributed by atoms with Gasteiger partial charge in [-0.25, -0.2) is 4.98 Å². The first-order valence-electron chi connectivity index (χ1n) is 8.08. The van der Waals surface area contributed by atoms with Gasteiger partial charge in [-0.3, -0.25) is 0 Å². The van der Waals surface area contributed by atoms with Gasteiger partial charge in [-0.05, 0) is 36.8 Å². The molecule has 0 aliphatic heterocycles. The molecule has 0 spiro atoms. The number of nitrogens with zero attached hydrogens (tertiary/aromatic N) is 1. The van der Waals surface area contributed by atoms with Gasteiger partial charge >= 0.3 is 0 Å². The van der Waals surface area contributed by atoms with Gasteiger partial charge in [0.25, 0.3) is 0 Å². The largest absolute Gasteiger partial charge is 0.248 e. The lowest BCUT2D eigenvalue weighted by molar-refractivity contribution is 1.36. The monoisotopic (exact) mass is 325 g/mol. The molecule has 1 nitrogen and oxygen atoms in total. The molecule has 0 saturated carbocycles. The maximum atomic E-state index is 4.87. The molecule has 114 valence electrons. The molecule has 2 aromatic heterocycles. The molecule has 2 heteroatoms. The summed E-state index contributed by atoms with van der Waals surface area (Å²) < 4.78 is 2.66. The van der Waals surface area contributed by atoms with Crippen LogP contribution in [0.1, 0.15) is 5.56 Å². The number of rotatable bonds is 1. The molecule has 3 aromatic carbocycles. The van der Waals surface area contributed by atoms with E-state index in [2.05, 4.69) is 73.7 Å². The number of thiophene rings is 1. The van der Waals surface area contributed by atoms with E-state index in [9.17, 15) is 0 Å². The fraction of sp³-hybridized carbons (Fsp3) is 0.0455. The van der Waals surface area contributed by atoms with Gasteiger partial charge in [0.05, 0.1) is 11.2 Å². The topological polar surface area (TPSA) is 12.9 Å². The van der Waals surface area contributed by atoms with Crippen LogP contribution < -0.4 is 0 Å². The fourth-order valence-corrected chi connectivity index (χ4v) is 4.53. The molecular formula is C22H15NS. The van der Waals surface area contributed by atoms with E-state index in [0.29, 0.717) is 0 Å². The van der Waals surface area contributed by atoms with E-state index in [1.165, 1.54) is 36.7 Å². The molecule has 0 fully saturated rings. The molecule has 0 amide bonds. The van der Waals surface area contributed by atoms with Crippen molar-refractivity contribution in [1.29, 1.82) is 0 Å². The number of hydrogen-bond donors (Lipinski definition) is 0.